The van der Waals surface area contributed by atoms with Crippen molar-refractivity contribution in [1.29, 1.82) is 0 Å². The minimum absolute atomic E-state index is 0.124. The fourth-order valence-electron chi connectivity index (χ4n) is 3.77. The van der Waals surface area contributed by atoms with Crippen LogP contribution in [-0.4, -0.2) is 65.4 Å². The van der Waals surface area contributed by atoms with E-state index in [1.807, 2.05) is 6.07 Å². The van der Waals surface area contributed by atoms with Gasteiger partial charge < -0.3 is 20.4 Å². The normalized spacial score (nSPS) is 27.6. The van der Waals surface area contributed by atoms with Crippen LogP contribution in [-0.2, 0) is 11.3 Å². The minimum atomic E-state index is -0.837. The van der Waals surface area contributed by atoms with Crippen molar-refractivity contribution < 1.29 is 15.0 Å². The fourth-order valence-corrected chi connectivity index (χ4v) is 3.77. The largest absolute Gasteiger partial charge is 0.389 e. The maximum atomic E-state index is 11.2. The molecule has 24 heavy (non-hydrogen) atoms. The molecule has 0 saturated carbocycles. The zero-order valence-electron chi connectivity index (χ0n) is 14.2. The number of para-hydroxylation sites is 1. The molecule has 0 aliphatic carbocycles. The van der Waals surface area contributed by atoms with Crippen LogP contribution in [0.3, 0.4) is 0 Å². The Hall–Kier alpha value is -1.63. The Morgan fingerprint density at radius 2 is 1.96 bits per heavy atom. The van der Waals surface area contributed by atoms with Crippen molar-refractivity contribution in [3.8, 4) is 0 Å². The van der Waals surface area contributed by atoms with Crippen LogP contribution in [0.15, 0.2) is 24.3 Å². The molecule has 3 rings (SSSR count). The average Bonchev–Trinajstić information content (AvgIpc) is 3.16. The van der Waals surface area contributed by atoms with E-state index in [1.165, 1.54) is 31.0 Å². The Labute approximate surface area is 143 Å². The van der Waals surface area contributed by atoms with Crippen LogP contribution in [0.5, 0.6) is 0 Å². The molecule has 1 amide bonds. The van der Waals surface area contributed by atoms with E-state index in [0.717, 1.165) is 13.1 Å². The first-order valence-electron chi connectivity index (χ1n) is 8.73. The van der Waals surface area contributed by atoms with E-state index in [0.29, 0.717) is 19.6 Å². The second-order valence-corrected chi connectivity index (χ2v) is 6.81. The maximum absolute atomic E-state index is 11.2. The number of anilines is 1. The molecular weight excluding hydrogens is 306 g/mol. The molecule has 3 N–H and O–H groups in total. The van der Waals surface area contributed by atoms with Gasteiger partial charge in [-0.15, -0.1) is 0 Å². The lowest BCUT2D eigenvalue weighted by atomic mass is 10.1. The number of rotatable bonds is 5. The summed E-state index contributed by atoms with van der Waals surface area (Å²) in [6.07, 6.45) is 0.833. The first-order valence-corrected chi connectivity index (χ1v) is 8.73. The molecule has 1 aromatic carbocycles. The highest BCUT2D eigenvalue weighted by molar-refractivity contribution is 5.72. The number of aliphatic hydroxyl groups is 2. The number of benzene rings is 1. The Bertz CT molecular complexity index is 574. The number of carbonyl (C=O) groups excluding carboxylic acids is 1. The van der Waals surface area contributed by atoms with Crippen LogP contribution >= 0.6 is 0 Å². The molecule has 3 atom stereocenters. The number of nitrogens with zero attached hydrogens (tertiary/aromatic N) is 2. The summed E-state index contributed by atoms with van der Waals surface area (Å²) >= 11 is 0. The third-order valence-electron chi connectivity index (χ3n) is 5.05. The van der Waals surface area contributed by atoms with Gasteiger partial charge in [0.1, 0.15) is 0 Å². The van der Waals surface area contributed by atoms with Gasteiger partial charge in [-0.05, 0) is 24.5 Å². The Kier molecular flexibility index (Phi) is 5.38. The summed E-state index contributed by atoms with van der Waals surface area (Å²) in [4.78, 5) is 15.7. The van der Waals surface area contributed by atoms with Crippen LogP contribution in [0.1, 0.15) is 25.3 Å². The molecule has 6 nitrogen and oxygen atoms in total. The zero-order chi connectivity index (χ0) is 17.1. The van der Waals surface area contributed by atoms with Gasteiger partial charge in [0.05, 0.1) is 18.2 Å². The van der Waals surface area contributed by atoms with Crippen molar-refractivity contribution in [3.63, 3.8) is 0 Å². The number of hydrogen-bond acceptors (Lipinski definition) is 5. The minimum Gasteiger partial charge on any atom is -0.389 e. The van der Waals surface area contributed by atoms with Crippen LogP contribution in [0.4, 0.5) is 5.69 Å². The van der Waals surface area contributed by atoms with Gasteiger partial charge in [-0.1, -0.05) is 18.2 Å². The van der Waals surface area contributed by atoms with E-state index in [2.05, 4.69) is 33.3 Å². The number of aliphatic hydroxyl groups excluding tert-OH is 2. The highest BCUT2D eigenvalue weighted by atomic mass is 16.3. The maximum Gasteiger partial charge on any atom is 0.216 e. The van der Waals surface area contributed by atoms with Crippen molar-refractivity contribution in [2.45, 2.75) is 44.6 Å². The van der Waals surface area contributed by atoms with E-state index >= 15 is 0 Å². The van der Waals surface area contributed by atoms with Gasteiger partial charge in [0, 0.05) is 45.3 Å². The number of β-amino-alcohol motifs (C(OH)–C–C–N with tert-alkyl or cyclic N) is 1. The standard InChI is InChI=1S/C18H27N3O3/c1-13(22)19-10-16-18(24)17(23)12-21(16)11-14-6-2-3-7-15(14)20-8-4-5-9-20/h2-3,6-7,16-18,23-24H,4-5,8-12H2,1H3,(H,19,22)/t16-,17+,18-/m1/s1. The molecule has 0 aromatic heterocycles. The molecule has 0 bridgehead atoms. The van der Waals surface area contributed by atoms with E-state index < -0.39 is 12.2 Å². The van der Waals surface area contributed by atoms with E-state index in [4.69, 9.17) is 0 Å². The summed E-state index contributed by atoms with van der Waals surface area (Å²) in [6, 6.07) is 8.07. The van der Waals surface area contributed by atoms with Gasteiger partial charge in [0.25, 0.3) is 0 Å². The molecule has 0 radical (unpaired) electrons. The quantitative estimate of drug-likeness (QED) is 0.724. The van der Waals surface area contributed by atoms with Crippen LogP contribution in [0.2, 0.25) is 0 Å². The Morgan fingerprint density at radius 3 is 2.67 bits per heavy atom. The van der Waals surface area contributed by atoms with E-state index in [9.17, 15) is 15.0 Å². The second-order valence-electron chi connectivity index (χ2n) is 6.81. The van der Waals surface area contributed by atoms with Crippen molar-refractivity contribution in [3.05, 3.63) is 29.8 Å². The molecule has 132 valence electrons. The average molecular weight is 333 g/mol. The van der Waals surface area contributed by atoms with Gasteiger partial charge in [-0.3, -0.25) is 9.69 Å². The summed E-state index contributed by atoms with van der Waals surface area (Å²) in [6.45, 7) is 5.05. The molecule has 1 aromatic rings. The lowest BCUT2D eigenvalue weighted by Crippen LogP contribution is -2.44. The molecule has 6 heteroatoms. The van der Waals surface area contributed by atoms with E-state index in [-0.39, 0.29) is 11.9 Å². The first-order chi connectivity index (χ1) is 11.6. The van der Waals surface area contributed by atoms with Gasteiger partial charge in [0.2, 0.25) is 5.91 Å². The summed E-state index contributed by atoms with van der Waals surface area (Å²) in [7, 11) is 0. The number of carbonyl (C=O) groups is 1. The number of amides is 1. The topological polar surface area (TPSA) is 76.0 Å². The number of nitrogens with one attached hydrogen (secondary N) is 1. The molecule has 0 spiro atoms. The van der Waals surface area contributed by atoms with E-state index in [1.54, 1.807) is 0 Å². The predicted octanol–water partition coefficient (Wildman–Crippen LogP) is 0.329. The SMILES string of the molecule is CC(=O)NC[C@@H]1[C@@H](O)[C@@H](O)CN1Cc1ccccc1N1CCCC1. The highest BCUT2D eigenvalue weighted by Crippen LogP contribution is 2.28. The Balaban J connectivity index is 1.75. The van der Waals surface area contributed by atoms with Crippen molar-refractivity contribution >= 4 is 11.6 Å². The number of hydrogen-bond donors (Lipinski definition) is 3. The monoisotopic (exact) mass is 333 g/mol. The lowest BCUT2D eigenvalue weighted by molar-refractivity contribution is -0.119. The summed E-state index contributed by atoms with van der Waals surface area (Å²) < 4.78 is 0. The lowest BCUT2D eigenvalue weighted by Gasteiger charge is -2.28. The Morgan fingerprint density at radius 1 is 1.25 bits per heavy atom. The van der Waals surface area contributed by atoms with Crippen molar-refractivity contribution in [2.75, 3.05) is 31.1 Å². The van der Waals surface area contributed by atoms with Crippen molar-refractivity contribution in [1.82, 2.24) is 10.2 Å². The molecular formula is C18H27N3O3. The molecule has 2 aliphatic rings. The molecule has 2 fully saturated rings. The summed E-state index contributed by atoms with van der Waals surface area (Å²) in [5.74, 6) is -0.124. The number of likely N-dealkylation sites (tertiary alicyclic amines) is 1. The summed E-state index contributed by atoms with van der Waals surface area (Å²) in [5, 5.41) is 23.1. The summed E-state index contributed by atoms with van der Waals surface area (Å²) in [5.41, 5.74) is 2.44. The zero-order valence-corrected chi connectivity index (χ0v) is 14.2. The van der Waals surface area contributed by atoms with Gasteiger partial charge in [-0.2, -0.15) is 0 Å². The van der Waals surface area contributed by atoms with Crippen LogP contribution in [0, 0.1) is 0 Å². The van der Waals surface area contributed by atoms with Crippen LogP contribution < -0.4 is 10.2 Å². The second kappa shape index (κ2) is 7.51. The first kappa shape index (κ1) is 17.2. The van der Waals surface area contributed by atoms with Gasteiger partial charge in [0.15, 0.2) is 0 Å². The van der Waals surface area contributed by atoms with Gasteiger partial charge in [-0.25, -0.2) is 0 Å². The third-order valence-corrected chi connectivity index (χ3v) is 5.05. The fraction of sp³-hybridized carbons (Fsp3) is 0.611. The molecule has 0 unspecified atom stereocenters. The molecule has 2 heterocycles. The highest BCUT2D eigenvalue weighted by Gasteiger charge is 2.39. The molecule has 2 saturated heterocycles. The van der Waals surface area contributed by atoms with Crippen molar-refractivity contribution in [2.24, 2.45) is 0 Å². The van der Waals surface area contributed by atoms with Gasteiger partial charge >= 0.3 is 0 Å². The predicted molar refractivity (Wildman–Crippen MR) is 92.8 cm³/mol. The molecule has 2 aliphatic heterocycles. The van der Waals surface area contributed by atoms with Crippen LogP contribution in [0.25, 0.3) is 0 Å². The third kappa shape index (κ3) is 3.71. The smallest absolute Gasteiger partial charge is 0.216 e.